The fourth-order valence-electron chi connectivity index (χ4n) is 1.56. The number of urea groups is 1. The third kappa shape index (κ3) is 3.34. The Morgan fingerprint density at radius 1 is 1.53 bits per heavy atom. The number of hydrogen-bond acceptors (Lipinski definition) is 4. The van der Waals surface area contributed by atoms with Gasteiger partial charge >= 0.3 is 6.03 Å². The molecule has 0 aliphatic carbocycles. The van der Waals surface area contributed by atoms with Crippen molar-refractivity contribution >= 4 is 44.3 Å². The maximum absolute atomic E-state index is 11.6. The minimum absolute atomic E-state index is 0.301. The number of aromatic nitrogens is 1. The van der Waals surface area contributed by atoms with Crippen molar-refractivity contribution in [1.29, 1.82) is 0 Å². The van der Waals surface area contributed by atoms with Gasteiger partial charge in [0.15, 0.2) is 5.13 Å². The third-order valence-electron chi connectivity index (χ3n) is 2.51. The molecule has 0 unspecified atom stereocenters. The number of halogens is 1. The Hall–Kier alpha value is -1.37. The number of rotatable bonds is 4. The van der Waals surface area contributed by atoms with E-state index in [2.05, 4.69) is 15.6 Å². The Labute approximate surface area is 119 Å². The average Bonchev–Trinajstić information content (AvgIpc) is 2.79. The minimum atomic E-state index is -0.301. The summed E-state index contributed by atoms with van der Waals surface area (Å²) in [6.07, 6.45) is 0. The van der Waals surface area contributed by atoms with Crippen LogP contribution in [0, 0.1) is 6.92 Å². The molecular formula is C12H14ClN3O2S. The summed E-state index contributed by atoms with van der Waals surface area (Å²) in [7, 11) is 1.58. The van der Waals surface area contributed by atoms with E-state index in [9.17, 15) is 4.79 Å². The molecule has 2 aromatic rings. The van der Waals surface area contributed by atoms with Gasteiger partial charge in [-0.25, -0.2) is 9.78 Å². The molecule has 0 aliphatic heterocycles. The molecule has 7 heteroatoms. The molecule has 1 heterocycles. The number of methoxy groups -OCH3 is 1. The van der Waals surface area contributed by atoms with Crippen LogP contribution in [0.5, 0.6) is 0 Å². The van der Waals surface area contributed by atoms with E-state index in [4.69, 9.17) is 16.3 Å². The Kier molecular flexibility index (Phi) is 4.57. The molecule has 0 saturated heterocycles. The first kappa shape index (κ1) is 14.0. The number of carbonyl (C=O) groups excluding carboxylic acids is 1. The lowest BCUT2D eigenvalue weighted by Crippen LogP contribution is -2.31. The minimum Gasteiger partial charge on any atom is -0.383 e. The molecule has 0 bridgehead atoms. The summed E-state index contributed by atoms with van der Waals surface area (Å²) in [5.74, 6) is 0. The lowest BCUT2D eigenvalue weighted by Gasteiger charge is -2.03. The summed E-state index contributed by atoms with van der Waals surface area (Å²) in [5.41, 5.74) is 1.85. The lowest BCUT2D eigenvalue weighted by atomic mass is 10.2. The van der Waals surface area contributed by atoms with Crippen LogP contribution in [-0.2, 0) is 4.74 Å². The summed E-state index contributed by atoms with van der Waals surface area (Å²) in [5, 5.41) is 6.53. The highest BCUT2D eigenvalue weighted by Gasteiger charge is 2.11. The largest absolute Gasteiger partial charge is 0.383 e. The van der Waals surface area contributed by atoms with E-state index in [0.29, 0.717) is 23.3 Å². The van der Waals surface area contributed by atoms with Gasteiger partial charge in [-0.05, 0) is 18.6 Å². The van der Waals surface area contributed by atoms with Crippen molar-refractivity contribution in [1.82, 2.24) is 10.3 Å². The van der Waals surface area contributed by atoms with Crippen molar-refractivity contribution in [2.75, 3.05) is 25.6 Å². The van der Waals surface area contributed by atoms with Gasteiger partial charge in [0.25, 0.3) is 0 Å². The Morgan fingerprint density at radius 3 is 3.00 bits per heavy atom. The first-order chi connectivity index (χ1) is 9.11. The molecule has 0 radical (unpaired) electrons. The third-order valence-corrected chi connectivity index (χ3v) is 3.94. The summed E-state index contributed by atoms with van der Waals surface area (Å²) >= 11 is 7.47. The van der Waals surface area contributed by atoms with E-state index in [0.717, 1.165) is 15.8 Å². The van der Waals surface area contributed by atoms with Gasteiger partial charge in [0.1, 0.15) is 0 Å². The number of aryl methyl sites for hydroxylation is 1. The molecule has 102 valence electrons. The number of hydrogen-bond donors (Lipinski definition) is 2. The van der Waals surface area contributed by atoms with E-state index in [-0.39, 0.29) is 6.03 Å². The second kappa shape index (κ2) is 6.18. The van der Waals surface area contributed by atoms with Crippen LogP contribution < -0.4 is 10.6 Å². The SMILES string of the molecule is COCCNC(=O)Nc1nc2c(C)ccc(Cl)c2s1. The Bertz CT molecular complexity index is 561. The van der Waals surface area contributed by atoms with E-state index in [1.165, 1.54) is 11.3 Å². The normalized spacial score (nSPS) is 10.7. The van der Waals surface area contributed by atoms with Gasteiger partial charge in [0.2, 0.25) is 0 Å². The van der Waals surface area contributed by atoms with Crippen LogP contribution in [0.4, 0.5) is 9.93 Å². The lowest BCUT2D eigenvalue weighted by molar-refractivity contribution is 0.198. The Morgan fingerprint density at radius 2 is 2.32 bits per heavy atom. The Balaban J connectivity index is 2.11. The van der Waals surface area contributed by atoms with E-state index >= 15 is 0 Å². The van der Waals surface area contributed by atoms with Crippen LogP contribution in [0.3, 0.4) is 0 Å². The number of nitrogens with zero attached hydrogens (tertiary/aromatic N) is 1. The van der Waals surface area contributed by atoms with Gasteiger partial charge in [-0.15, -0.1) is 0 Å². The number of fused-ring (bicyclic) bond motifs is 1. The van der Waals surface area contributed by atoms with Crippen LogP contribution in [0.1, 0.15) is 5.56 Å². The predicted molar refractivity (Wildman–Crippen MR) is 78.3 cm³/mol. The molecule has 0 fully saturated rings. The number of ether oxygens (including phenoxy) is 1. The zero-order valence-electron chi connectivity index (χ0n) is 10.6. The molecule has 2 amide bonds. The van der Waals surface area contributed by atoms with Gasteiger partial charge in [0.05, 0.1) is 21.8 Å². The molecule has 2 rings (SSSR count). The van der Waals surface area contributed by atoms with Crippen molar-refractivity contribution in [3.63, 3.8) is 0 Å². The van der Waals surface area contributed by atoms with Crippen molar-refractivity contribution in [3.05, 3.63) is 22.7 Å². The molecule has 1 aromatic carbocycles. The van der Waals surface area contributed by atoms with Crippen LogP contribution in [0.25, 0.3) is 10.2 Å². The fraction of sp³-hybridized carbons (Fsp3) is 0.333. The molecule has 5 nitrogen and oxygen atoms in total. The van der Waals surface area contributed by atoms with Crippen LogP contribution in [-0.4, -0.2) is 31.3 Å². The number of thiazole rings is 1. The number of nitrogens with one attached hydrogen (secondary N) is 2. The van der Waals surface area contributed by atoms with Crippen LogP contribution in [0.15, 0.2) is 12.1 Å². The molecular weight excluding hydrogens is 286 g/mol. The van der Waals surface area contributed by atoms with Gasteiger partial charge < -0.3 is 10.1 Å². The summed E-state index contributed by atoms with van der Waals surface area (Å²) < 4.78 is 5.73. The number of carbonyl (C=O) groups is 1. The van der Waals surface area contributed by atoms with Crippen molar-refractivity contribution in [2.45, 2.75) is 6.92 Å². The quantitative estimate of drug-likeness (QED) is 0.853. The molecule has 0 saturated carbocycles. The monoisotopic (exact) mass is 299 g/mol. The number of benzene rings is 1. The van der Waals surface area contributed by atoms with Gasteiger partial charge in [-0.2, -0.15) is 0 Å². The van der Waals surface area contributed by atoms with Crippen molar-refractivity contribution < 1.29 is 9.53 Å². The molecule has 2 N–H and O–H groups in total. The summed E-state index contributed by atoms with van der Waals surface area (Å²) in [4.78, 5) is 16.0. The van der Waals surface area contributed by atoms with Gasteiger partial charge in [0, 0.05) is 13.7 Å². The standard InChI is InChI=1S/C12H14ClN3O2S/c1-7-3-4-8(13)10-9(7)15-12(19-10)16-11(17)14-5-6-18-2/h3-4H,5-6H2,1-2H3,(H2,14,15,16,17). The highest BCUT2D eigenvalue weighted by Crippen LogP contribution is 2.33. The number of amides is 2. The molecule has 0 aliphatic rings. The zero-order chi connectivity index (χ0) is 13.8. The topological polar surface area (TPSA) is 63.2 Å². The van der Waals surface area contributed by atoms with Crippen molar-refractivity contribution in [2.24, 2.45) is 0 Å². The maximum Gasteiger partial charge on any atom is 0.321 e. The molecule has 0 spiro atoms. The average molecular weight is 300 g/mol. The second-order valence-electron chi connectivity index (χ2n) is 3.93. The maximum atomic E-state index is 11.6. The molecule has 1 aromatic heterocycles. The first-order valence-corrected chi connectivity index (χ1v) is 6.90. The smallest absolute Gasteiger partial charge is 0.321 e. The molecule has 19 heavy (non-hydrogen) atoms. The zero-order valence-corrected chi connectivity index (χ0v) is 12.2. The summed E-state index contributed by atoms with van der Waals surface area (Å²) in [6.45, 7) is 2.88. The van der Waals surface area contributed by atoms with E-state index < -0.39 is 0 Å². The summed E-state index contributed by atoms with van der Waals surface area (Å²) in [6, 6.07) is 3.44. The fourth-order valence-corrected chi connectivity index (χ4v) is 2.77. The first-order valence-electron chi connectivity index (χ1n) is 5.71. The predicted octanol–water partition coefficient (Wildman–Crippen LogP) is 3.03. The molecule has 0 atom stereocenters. The second-order valence-corrected chi connectivity index (χ2v) is 5.34. The number of anilines is 1. The van der Waals surface area contributed by atoms with Crippen LogP contribution >= 0.6 is 22.9 Å². The van der Waals surface area contributed by atoms with Crippen LogP contribution in [0.2, 0.25) is 5.02 Å². The van der Waals surface area contributed by atoms with Gasteiger partial charge in [-0.1, -0.05) is 29.0 Å². The van der Waals surface area contributed by atoms with E-state index in [1.54, 1.807) is 7.11 Å². The van der Waals surface area contributed by atoms with Crippen molar-refractivity contribution in [3.8, 4) is 0 Å². The van der Waals surface area contributed by atoms with Gasteiger partial charge in [-0.3, -0.25) is 5.32 Å². The van der Waals surface area contributed by atoms with E-state index in [1.807, 2.05) is 19.1 Å². The highest BCUT2D eigenvalue weighted by molar-refractivity contribution is 7.23. The highest BCUT2D eigenvalue weighted by atomic mass is 35.5.